The molecule has 0 aliphatic heterocycles. The molecule has 3 nitrogen and oxygen atoms in total. The zero-order chi connectivity index (χ0) is 20.3. The van der Waals surface area contributed by atoms with Gasteiger partial charge in [-0.15, -0.1) is 0 Å². The van der Waals surface area contributed by atoms with Gasteiger partial charge >= 0.3 is 0 Å². The van der Waals surface area contributed by atoms with E-state index in [2.05, 4.69) is 20.8 Å². The van der Waals surface area contributed by atoms with Crippen molar-refractivity contribution >= 4 is 17.3 Å². The van der Waals surface area contributed by atoms with Crippen molar-refractivity contribution < 1.29 is 14.4 Å². The van der Waals surface area contributed by atoms with Gasteiger partial charge < -0.3 is 0 Å². The summed E-state index contributed by atoms with van der Waals surface area (Å²) < 4.78 is 0. The smallest absolute Gasteiger partial charge is 0.204 e. The number of carbonyl (C=O) groups is 3. The Morgan fingerprint density at radius 1 is 0.542 bits per heavy atom. The van der Waals surface area contributed by atoms with Gasteiger partial charge in [0.15, 0.2) is 0 Å². The van der Waals surface area contributed by atoms with Crippen LogP contribution in [-0.4, -0.2) is 17.3 Å². The lowest BCUT2D eigenvalue weighted by Crippen LogP contribution is -2.36. The monoisotopic (exact) mass is 340 g/mol. The maximum absolute atomic E-state index is 11.8. The highest BCUT2D eigenvalue weighted by molar-refractivity contribution is 6.40. The Balaban J connectivity index is 0. The molecule has 0 rings (SSSR count). The average Bonchev–Trinajstić information content (AvgIpc) is 2.31. The third-order valence-corrected chi connectivity index (χ3v) is 4.00. The zero-order valence-corrected chi connectivity index (χ0v) is 18.3. The fourth-order valence-electron chi connectivity index (χ4n) is 1.72. The van der Waals surface area contributed by atoms with Gasteiger partial charge in [-0.3, -0.25) is 14.4 Å². The second-order valence-corrected chi connectivity index (χ2v) is 10.9. The summed E-state index contributed by atoms with van der Waals surface area (Å²) in [5, 5.41) is 0. The van der Waals surface area contributed by atoms with Crippen molar-refractivity contribution in [1.29, 1.82) is 0 Å². The first-order chi connectivity index (χ1) is 10.1. The molecule has 0 aliphatic rings. The van der Waals surface area contributed by atoms with Gasteiger partial charge in [0.05, 0.1) is 0 Å². The Bertz CT molecular complexity index is 433. The first-order valence-corrected chi connectivity index (χ1v) is 8.77. The van der Waals surface area contributed by atoms with Crippen molar-refractivity contribution in [3.63, 3.8) is 0 Å². The summed E-state index contributed by atoms with van der Waals surface area (Å²) in [5.74, 6) is -0.0718. The van der Waals surface area contributed by atoms with Gasteiger partial charge in [-0.25, -0.2) is 0 Å². The molecule has 0 aliphatic carbocycles. The molecule has 0 aromatic carbocycles. The molecule has 142 valence electrons. The predicted molar refractivity (Wildman–Crippen MR) is 102 cm³/mol. The van der Waals surface area contributed by atoms with E-state index in [9.17, 15) is 14.4 Å². The van der Waals surface area contributed by atoms with Gasteiger partial charge in [0.2, 0.25) is 11.6 Å². The lowest BCUT2D eigenvalue weighted by atomic mass is 9.72. The summed E-state index contributed by atoms with van der Waals surface area (Å²) in [6, 6.07) is 0. The van der Waals surface area contributed by atoms with Crippen molar-refractivity contribution in [3.8, 4) is 0 Å². The van der Waals surface area contributed by atoms with Crippen molar-refractivity contribution in [2.24, 2.45) is 27.6 Å². The van der Waals surface area contributed by atoms with Crippen LogP contribution in [0.25, 0.3) is 0 Å². The number of carbonyl (C=O) groups excluding carboxylic acids is 3. The van der Waals surface area contributed by atoms with Gasteiger partial charge in [-0.05, 0) is 5.41 Å². The van der Waals surface area contributed by atoms with Crippen LogP contribution < -0.4 is 0 Å². The van der Waals surface area contributed by atoms with Crippen molar-refractivity contribution in [1.82, 2.24) is 0 Å². The summed E-state index contributed by atoms with van der Waals surface area (Å²) in [4.78, 5) is 34.7. The van der Waals surface area contributed by atoms with Crippen LogP contribution in [0.5, 0.6) is 0 Å². The minimum atomic E-state index is -0.551. The Morgan fingerprint density at radius 3 is 0.875 bits per heavy atom. The summed E-state index contributed by atoms with van der Waals surface area (Å²) in [7, 11) is 0. The topological polar surface area (TPSA) is 51.2 Å². The second kappa shape index (κ2) is 7.93. The summed E-state index contributed by atoms with van der Waals surface area (Å²) in [6.45, 7) is 24.9. The van der Waals surface area contributed by atoms with E-state index in [0.29, 0.717) is 5.78 Å². The SMILES string of the molecule is CC(C(=O)C(C)(C)C)C(C)(C)C.CC(C)(C)C(=O)C(=O)C(C)(C)C. The number of rotatable bonds is 2. The molecule has 0 amide bonds. The summed E-state index contributed by atoms with van der Waals surface area (Å²) in [5.41, 5.74) is -1.22. The fourth-order valence-corrected chi connectivity index (χ4v) is 1.72. The second-order valence-electron chi connectivity index (χ2n) is 10.9. The molecule has 24 heavy (non-hydrogen) atoms. The molecule has 0 spiro atoms. The predicted octanol–water partition coefficient (Wildman–Crippen LogP) is 5.50. The van der Waals surface area contributed by atoms with Crippen molar-refractivity contribution in [2.45, 2.75) is 90.0 Å². The fraction of sp³-hybridized carbons (Fsp3) is 0.857. The molecule has 0 saturated heterocycles. The van der Waals surface area contributed by atoms with Crippen LogP contribution in [0, 0.1) is 27.6 Å². The lowest BCUT2D eigenvalue weighted by molar-refractivity contribution is -0.145. The van der Waals surface area contributed by atoms with E-state index in [-0.39, 0.29) is 28.3 Å². The molecule has 0 N–H and O–H groups in total. The van der Waals surface area contributed by atoms with E-state index in [1.54, 1.807) is 41.5 Å². The van der Waals surface area contributed by atoms with Crippen LogP contribution >= 0.6 is 0 Å². The molecule has 0 heterocycles. The van der Waals surface area contributed by atoms with Gasteiger partial charge in [0, 0.05) is 22.2 Å². The maximum atomic E-state index is 11.8. The molecule has 1 unspecified atom stereocenters. The van der Waals surface area contributed by atoms with Crippen molar-refractivity contribution in [2.75, 3.05) is 0 Å². The van der Waals surface area contributed by atoms with Crippen LogP contribution in [-0.2, 0) is 14.4 Å². The van der Waals surface area contributed by atoms with Gasteiger partial charge in [-0.2, -0.15) is 0 Å². The Kier molecular flexibility index (Phi) is 8.34. The van der Waals surface area contributed by atoms with E-state index in [0.717, 1.165) is 0 Å². The van der Waals surface area contributed by atoms with Crippen LogP contribution in [0.4, 0.5) is 0 Å². The molecule has 0 bridgehead atoms. The molecule has 0 aromatic rings. The lowest BCUT2D eigenvalue weighted by Gasteiger charge is -2.31. The Labute approximate surface area is 150 Å². The average molecular weight is 341 g/mol. The first kappa shape index (κ1) is 25.3. The number of hydrogen-bond acceptors (Lipinski definition) is 3. The molecule has 1 atom stereocenters. The Morgan fingerprint density at radius 2 is 0.792 bits per heavy atom. The third kappa shape index (κ3) is 8.75. The van der Waals surface area contributed by atoms with Gasteiger partial charge in [-0.1, -0.05) is 90.0 Å². The first-order valence-electron chi connectivity index (χ1n) is 8.77. The van der Waals surface area contributed by atoms with E-state index in [1.807, 2.05) is 27.7 Å². The van der Waals surface area contributed by atoms with E-state index in [4.69, 9.17) is 0 Å². The molecular weight excluding hydrogens is 300 g/mol. The van der Waals surface area contributed by atoms with E-state index >= 15 is 0 Å². The highest BCUT2D eigenvalue weighted by Crippen LogP contribution is 2.32. The van der Waals surface area contributed by atoms with Crippen LogP contribution in [0.15, 0.2) is 0 Å². The van der Waals surface area contributed by atoms with Gasteiger partial charge in [0.1, 0.15) is 5.78 Å². The van der Waals surface area contributed by atoms with Gasteiger partial charge in [0.25, 0.3) is 0 Å². The van der Waals surface area contributed by atoms with Crippen LogP contribution in [0.1, 0.15) is 90.0 Å². The quantitative estimate of drug-likeness (QED) is 0.624. The largest absolute Gasteiger partial charge is 0.299 e. The van der Waals surface area contributed by atoms with Crippen LogP contribution in [0.3, 0.4) is 0 Å². The molecule has 0 aromatic heterocycles. The van der Waals surface area contributed by atoms with Crippen LogP contribution in [0.2, 0.25) is 0 Å². The molecule has 0 fully saturated rings. The molecule has 3 heteroatoms. The molecule has 0 radical (unpaired) electrons. The number of ketones is 3. The van der Waals surface area contributed by atoms with E-state index < -0.39 is 10.8 Å². The number of Topliss-reactive ketones (excluding diaryl/α,β-unsaturated/α-hetero) is 3. The Hall–Kier alpha value is -0.990. The summed E-state index contributed by atoms with van der Waals surface area (Å²) in [6.07, 6.45) is 0. The van der Waals surface area contributed by atoms with E-state index in [1.165, 1.54) is 0 Å². The minimum absolute atomic E-state index is 0.0877. The maximum Gasteiger partial charge on any atom is 0.204 e. The minimum Gasteiger partial charge on any atom is -0.299 e. The highest BCUT2D eigenvalue weighted by Gasteiger charge is 2.35. The van der Waals surface area contributed by atoms with Crippen molar-refractivity contribution in [3.05, 3.63) is 0 Å². The zero-order valence-electron chi connectivity index (χ0n) is 18.3. The normalized spacial score (nSPS) is 14.4. The molecular formula is C21H40O3. The highest BCUT2D eigenvalue weighted by atomic mass is 16.2. The number of hydrogen-bond donors (Lipinski definition) is 0. The standard InChI is InChI=1S/C11H22O.C10H18O2/c1-8(10(2,3)4)9(12)11(5,6)7;1-9(2,3)7(11)8(12)10(4,5)6/h8H,1-7H3;1-6H3. The molecule has 0 saturated carbocycles. The summed E-state index contributed by atoms with van der Waals surface area (Å²) >= 11 is 0. The third-order valence-electron chi connectivity index (χ3n) is 4.00.